The van der Waals surface area contributed by atoms with E-state index >= 15 is 0 Å². The summed E-state index contributed by atoms with van der Waals surface area (Å²) in [5, 5.41) is 8.57. The number of nitrogens with zero attached hydrogens (tertiary/aromatic N) is 1. The fourth-order valence-corrected chi connectivity index (χ4v) is 3.30. The van der Waals surface area contributed by atoms with Crippen molar-refractivity contribution in [1.29, 1.82) is 0 Å². The molecule has 1 atom stereocenters. The monoisotopic (exact) mass is 264 g/mol. The van der Waals surface area contributed by atoms with Gasteiger partial charge in [-0.25, -0.2) is 4.72 Å². The molecule has 100 valence electrons. The number of carboxylic acid groups (broad SMARTS) is 1. The zero-order chi connectivity index (χ0) is 12.9. The maximum Gasteiger partial charge on any atom is 0.303 e. The van der Waals surface area contributed by atoms with Crippen LogP contribution in [0, 0.1) is 5.92 Å². The molecule has 7 heteroatoms. The Labute approximate surface area is 102 Å². The van der Waals surface area contributed by atoms with Gasteiger partial charge in [0.15, 0.2) is 0 Å². The SMILES string of the molecule is CCCNS(=O)(=O)N1CCC(CCC(=O)O)C1. The Hall–Kier alpha value is -0.660. The fraction of sp³-hybridized carbons (Fsp3) is 0.900. The molecule has 1 saturated heterocycles. The molecule has 1 unspecified atom stereocenters. The number of nitrogens with one attached hydrogen (secondary N) is 1. The van der Waals surface area contributed by atoms with Crippen molar-refractivity contribution in [1.82, 2.24) is 9.03 Å². The lowest BCUT2D eigenvalue weighted by molar-refractivity contribution is -0.137. The van der Waals surface area contributed by atoms with E-state index in [2.05, 4.69) is 4.72 Å². The van der Waals surface area contributed by atoms with Crippen LogP contribution in [-0.2, 0) is 15.0 Å². The first kappa shape index (κ1) is 14.4. The van der Waals surface area contributed by atoms with Crippen LogP contribution in [0.25, 0.3) is 0 Å². The molecule has 1 aliphatic rings. The highest BCUT2D eigenvalue weighted by Gasteiger charge is 2.30. The smallest absolute Gasteiger partial charge is 0.303 e. The van der Waals surface area contributed by atoms with Gasteiger partial charge in [0.2, 0.25) is 0 Å². The van der Waals surface area contributed by atoms with Gasteiger partial charge in [0, 0.05) is 26.1 Å². The predicted molar refractivity (Wildman–Crippen MR) is 63.8 cm³/mol. The van der Waals surface area contributed by atoms with Crippen molar-refractivity contribution in [3.63, 3.8) is 0 Å². The highest BCUT2D eigenvalue weighted by atomic mass is 32.2. The van der Waals surface area contributed by atoms with Gasteiger partial charge in [-0.1, -0.05) is 6.92 Å². The number of rotatable bonds is 7. The van der Waals surface area contributed by atoms with Crippen molar-refractivity contribution in [2.24, 2.45) is 5.92 Å². The lowest BCUT2D eigenvalue weighted by Gasteiger charge is -2.16. The Morgan fingerprint density at radius 2 is 2.24 bits per heavy atom. The second-order valence-corrected chi connectivity index (χ2v) is 6.10. The van der Waals surface area contributed by atoms with E-state index in [0.717, 1.165) is 12.8 Å². The molecule has 0 amide bonds. The van der Waals surface area contributed by atoms with Crippen LogP contribution in [0.3, 0.4) is 0 Å². The topological polar surface area (TPSA) is 86.7 Å². The van der Waals surface area contributed by atoms with Crippen LogP contribution in [-0.4, -0.2) is 43.4 Å². The van der Waals surface area contributed by atoms with E-state index < -0.39 is 16.2 Å². The van der Waals surface area contributed by atoms with E-state index in [1.165, 1.54) is 4.31 Å². The summed E-state index contributed by atoms with van der Waals surface area (Å²) >= 11 is 0. The van der Waals surface area contributed by atoms with Crippen LogP contribution in [0.4, 0.5) is 0 Å². The minimum absolute atomic E-state index is 0.112. The van der Waals surface area contributed by atoms with Crippen molar-refractivity contribution in [3.8, 4) is 0 Å². The largest absolute Gasteiger partial charge is 0.481 e. The van der Waals surface area contributed by atoms with Gasteiger partial charge < -0.3 is 5.11 Å². The van der Waals surface area contributed by atoms with E-state index in [0.29, 0.717) is 26.1 Å². The van der Waals surface area contributed by atoms with E-state index in [1.807, 2.05) is 6.92 Å². The molecule has 1 rings (SSSR count). The van der Waals surface area contributed by atoms with Crippen molar-refractivity contribution >= 4 is 16.2 Å². The minimum atomic E-state index is -3.36. The van der Waals surface area contributed by atoms with Crippen molar-refractivity contribution in [2.45, 2.75) is 32.6 Å². The number of hydrogen-bond acceptors (Lipinski definition) is 3. The summed E-state index contributed by atoms with van der Waals surface area (Å²) in [6.45, 7) is 3.27. The van der Waals surface area contributed by atoms with Gasteiger partial charge in [-0.2, -0.15) is 12.7 Å². The molecule has 1 aliphatic heterocycles. The first-order chi connectivity index (χ1) is 7.95. The second kappa shape index (κ2) is 6.32. The summed E-state index contributed by atoms with van der Waals surface area (Å²) in [7, 11) is -3.36. The third-order valence-electron chi connectivity index (χ3n) is 2.89. The van der Waals surface area contributed by atoms with Crippen molar-refractivity contribution < 1.29 is 18.3 Å². The van der Waals surface area contributed by atoms with Gasteiger partial charge in [0.1, 0.15) is 0 Å². The van der Waals surface area contributed by atoms with Crippen LogP contribution in [0.15, 0.2) is 0 Å². The molecule has 0 aromatic heterocycles. The Balaban J connectivity index is 2.41. The quantitative estimate of drug-likeness (QED) is 0.697. The molecular formula is C10H20N2O4S. The van der Waals surface area contributed by atoms with Crippen LogP contribution < -0.4 is 4.72 Å². The summed E-state index contributed by atoms with van der Waals surface area (Å²) in [4.78, 5) is 10.4. The van der Waals surface area contributed by atoms with Crippen LogP contribution >= 0.6 is 0 Å². The summed E-state index contributed by atoms with van der Waals surface area (Å²) in [5.41, 5.74) is 0. The molecule has 0 spiro atoms. The van der Waals surface area contributed by atoms with Gasteiger partial charge in [0.25, 0.3) is 10.2 Å². The molecule has 0 aromatic carbocycles. The number of aliphatic carboxylic acids is 1. The molecule has 1 heterocycles. The van der Waals surface area contributed by atoms with Crippen LogP contribution in [0.1, 0.15) is 32.6 Å². The normalized spacial score (nSPS) is 21.8. The Morgan fingerprint density at radius 1 is 1.53 bits per heavy atom. The van der Waals surface area contributed by atoms with E-state index in [9.17, 15) is 13.2 Å². The summed E-state index contributed by atoms with van der Waals surface area (Å²) < 4.78 is 27.5. The lowest BCUT2D eigenvalue weighted by atomic mass is 10.0. The molecular weight excluding hydrogens is 244 g/mol. The molecule has 17 heavy (non-hydrogen) atoms. The molecule has 0 saturated carbocycles. The van der Waals surface area contributed by atoms with E-state index in [4.69, 9.17) is 5.11 Å². The van der Waals surface area contributed by atoms with Gasteiger partial charge in [-0.15, -0.1) is 0 Å². The highest BCUT2D eigenvalue weighted by Crippen LogP contribution is 2.22. The second-order valence-electron chi connectivity index (χ2n) is 4.34. The maximum atomic E-state index is 11.8. The molecule has 2 N–H and O–H groups in total. The Bertz CT molecular complexity index is 355. The third-order valence-corrected chi connectivity index (χ3v) is 4.47. The molecule has 1 fully saturated rings. The molecule has 0 aliphatic carbocycles. The Morgan fingerprint density at radius 3 is 2.82 bits per heavy atom. The Kier molecular flexibility index (Phi) is 5.35. The first-order valence-electron chi connectivity index (χ1n) is 5.92. The van der Waals surface area contributed by atoms with Crippen molar-refractivity contribution in [3.05, 3.63) is 0 Å². The van der Waals surface area contributed by atoms with E-state index in [1.54, 1.807) is 0 Å². The number of carboxylic acids is 1. The highest BCUT2D eigenvalue weighted by molar-refractivity contribution is 7.87. The standard InChI is InChI=1S/C10H20N2O4S/c1-2-6-11-17(15,16)12-7-5-9(8-12)3-4-10(13)14/h9,11H,2-8H2,1H3,(H,13,14). The molecule has 0 bridgehead atoms. The average Bonchev–Trinajstić information content (AvgIpc) is 2.73. The minimum Gasteiger partial charge on any atom is -0.481 e. The number of hydrogen-bond donors (Lipinski definition) is 2. The maximum absolute atomic E-state index is 11.8. The molecule has 0 aromatic rings. The van der Waals surface area contributed by atoms with Gasteiger partial charge in [-0.3, -0.25) is 4.79 Å². The average molecular weight is 264 g/mol. The summed E-state index contributed by atoms with van der Waals surface area (Å²) in [6.07, 6.45) is 2.17. The number of carbonyl (C=O) groups is 1. The predicted octanol–water partition coefficient (Wildman–Crippen LogP) is 0.417. The van der Waals surface area contributed by atoms with Gasteiger partial charge in [0.05, 0.1) is 0 Å². The zero-order valence-corrected chi connectivity index (χ0v) is 10.9. The van der Waals surface area contributed by atoms with Crippen LogP contribution in [0.5, 0.6) is 0 Å². The van der Waals surface area contributed by atoms with E-state index in [-0.39, 0.29) is 12.3 Å². The fourth-order valence-electron chi connectivity index (χ4n) is 1.90. The summed E-state index contributed by atoms with van der Waals surface area (Å²) in [5.74, 6) is -0.653. The van der Waals surface area contributed by atoms with Gasteiger partial charge in [-0.05, 0) is 25.2 Å². The summed E-state index contributed by atoms with van der Waals surface area (Å²) in [6, 6.07) is 0. The lowest BCUT2D eigenvalue weighted by Crippen LogP contribution is -2.39. The third kappa shape index (κ3) is 4.61. The zero-order valence-electron chi connectivity index (χ0n) is 10.1. The first-order valence-corrected chi connectivity index (χ1v) is 7.36. The van der Waals surface area contributed by atoms with Crippen molar-refractivity contribution in [2.75, 3.05) is 19.6 Å². The molecule has 6 nitrogen and oxygen atoms in total. The van der Waals surface area contributed by atoms with Gasteiger partial charge >= 0.3 is 5.97 Å². The molecule has 0 radical (unpaired) electrons. The van der Waals surface area contributed by atoms with Crippen LogP contribution in [0.2, 0.25) is 0 Å².